The number of hydrogen-bond acceptors (Lipinski definition) is 6. The molecule has 0 saturated heterocycles. The number of carbonyl (C=O) groups is 3. The Morgan fingerprint density at radius 1 is 0.288 bits per heavy atom. The van der Waals surface area contributed by atoms with Gasteiger partial charge in [0.05, 0.1) is 0 Å². The topological polar surface area (TPSA) is 78.9 Å². The van der Waals surface area contributed by atoms with Gasteiger partial charge in [0.15, 0.2) is 6.10 Å². The molecule has 0 rings (SSSR count). The maximum atomic E-state index is 12.8. The molecular weight excluding hydrogens is 901 g/mol. The zero-order valence-corrected chi connectivity index (χ0v) is 47.6. The van der Waals surface area contributed by atoms with E-state index in [1.54, 1.807) is 0 Å². The molecule has 0 aliphatic carbocycles. The van der Waals surface area contributed by atoms with Crippen LogP contribution < -0.4 is 0 Å². The van der Waals surface area contributed by atoms with E-state index in [2.05, 4.69) is 130 Å². The summed E-state index contributed by atoms with van der Waals surface area (Å²) in [6.07, 6.45) is 82.5. The van der Waals surface area contributed by atoms with E-state index in [1.165, 1.54) is 109 Å². The maximum Gasteiger partial charge on any atom is 0.306 e. The molecule has 0 bridgehead atoms. The van der Waals surface area contributed by atoms with Crippen molar-refractivity contribution < 1.29 is 28.6 Å². The lowest BCUT2D eigenvalue weighted by Gasteiger charge is -2.18. The van der Waals surface area contributed by atoms with Crippen LogP contribution in [0, 0.1) is 0 Å². The fourth-order valence-electron chi connectivity index (χ4n) is 8.23. The van der Waals surface area contributed by atoms with Crippen molar-refractivity contribution >= 4 is 17.9 Å². The van der Waals surface area contributed by atoms with Crippen LogP contribution in [-0.4, -0.2) is 37.2 Å². The van der Waals surface area contributed by atoms with Crippen LogP contribution in [0.1, 0.15) is 278 Å². The van der Waals surface area contributed by atoms with Crippen molar-refractivity contribution in [1.82, 2.24) is 0 Å². The van der Waals surface area contributed by atoms with Gasteiger partial charge < -0.3 is 14.2 Å². The van der Waals surface area contributed by atoms with Crippen molar-refractivity contribution in [1.29, 1.82) is 0 Å². The highest BCUT2D eigenvalue weighted by atomic mass is 16.6. The Kier molecular flexibility index (Phi) is 57.4. The van der Waals surface area contributed by atoms with Crippen LogP contribution in [-0.2, 0) is 28.6 Å². The molecule has 0 N–H and O–H groups in total. The summed E-state index contributed by atoms with van der Waals surface area (Å²) in [5, 5.41) is 0. The van der Waals surface area contributed by atoms with Crippen molar-refractivity contribution in [3.63, 3.8) is 0 Å². The monoisotopic (exact) mass is 1010 g/mol. The lowest BCUT2D eigenvalue weighted by molar-refractivity contribution is -0.167. The van der Waals surface area contributed by atoms with Gasteiger partial charge in [0.25, 0.3) is 0 Å². The molecule has 0 aromatic carbocycles. The summed E-state index contributed by atoms with van der Waals surface area (Å²) < 4.78 is 16.8. The largest absolute Gasteiger partial charge is 0.462 e. The quantitative estimate of drug-likeness (QED) is 0.0261. The molecule has 1 atom stereocenters. The highest BCUT2D eigenvalue weighted by Gasteiger charge is 2.19. The van der Waals surface area contributed by atoms with Gasteiger partial charge in [-0.15, -0.1) is 0 Å². The Bertz CT molecular complexity index is 1490. The van der Waals surface area contributed by atoms with Crippen LogP contribution in [0.2, 0.25) is 0 Å². The average molecular weight is 1010 g/mol. The van der Waals surface area contributed by atoms with Crippen molar-refractivity contribution in [3.8, 4) is 0 Å². The summed E-state index contributed by atoms with van der Waals surface area (Å²) in [5.74, 6) is -0.930. The summed E-state index contributed by atoms with van der Waals surface area (Å²) >= 11 is 0. The molecule has 0 aliphatic heterocycles. The van der Waals surface area contributed by atoms with Gasteiger partial charge in [-0.25, -0.2) is 0 Å². The molecule has 0 radical (unpaired) electrons. The first-order valence-corrected chi connectivity index (χ1v) is 30.4. The van der Waals surface area contributed by atoms with Crippen LogP contribution in [0.25, 0.3) is 0 Å². The lowest BCUT2D eigenvalue weighted by Crippen LogP contribution is -2.30. The SMILES string of the molecule is CC/C=C\C/C=C\C/C=C\C/C=C\C/C=C\CCCCCCCCCCCCCCCCCC(=O)OCC(COC(=O)CCCCCCC/C=C\CCCC)OC(=O)CCCCC/C=C\C/C=C\C/C=C\CC. The van der Waals surface area contributed by atoms with Gasteiger partial charge >= 0.3 is 17.9 Å². The first kappa shape index (κ1) is 69.1. The van der Waals surface area contributed by atoms with Gasteiger partial charge in [0.1, 0.15) is 13.2 Å². The number of carbonyl (C=O) groups excluding carboxylic acids is 3. The fourth-order valence-corrected chi connectivity index (χ4v) is 8.23. The molecular formula is C67H112O6. The van der Waals surface area contributed by atoms with Gasteiger partial charge in [-0.05, 0) is 116 Å². The molecule has 0 fully saturated rings. The van der Waals surface area contributed by atoms with Gasteiger partial charge in [-0.1, -0.05) is 252 Å². The van der Waals surface area contributed by atoms with Gasteiger partial charge in [0.2, 0.25) is 0 Å². The molecule has 6 nitrogen and oxygen atoms in total. The van der Waals surface area contributed by atoms with Crippen LogP contribution in [0.15, 0.2) is 109 Å². The lowest BCUT2D eigenvalue weighted by atomic mass is 10.0. The van der Waals surface area contributed by atoms with Crippen LogP contribution >= 0.6 is 0 Å². The number of unbranched alkanes of at least 4 members (excludes halogenated alkanes) is 25. The van der Waals surface area contributed by atoms with E-state index in [9.17, 15) is 14.4 Å². The number of esters is 3. The molecule has 0 spiro atoms. The van der Waals surface area contributed by atoms with E-state index >= 15 is 0 Å². The van der Waals surface area contributed by atoms with Crippen LogP contribution in [0.4, 0.5) is 0 Å². The Balaban J connectivity index is 4.16. The minimum absolute atomic E-state index is 0.0920. The number of allylic oxidation sites excluding steroid dienone is 18. The summed E-state index contributed by atoms with van der Waals surface area (Å²) in [7, 11) is 0. The second kappa shape index (κ2) is 60.6. The molecule has 0 saturated carbocycles. The predicted molar refractivity (Wildman–Crippen MR) is 316 cm³/mol. The van der Waals surface area contributed by atoms with E-state index in [4.69, 9.17) is 14.2 Å². The zero-order chi connectivity index (χ0) is 52.9. The molecule has 6 heteroatoms. The zero-order valence-electron chi connectivity index (χ0n) is 47.6. The summed E-state index contributed by atoms with van der Waals surface area (Å²) in [5.41, 5.74) is 0. The minimum Gasteiger partial charge on any atom is -0.462 e. The van der Waals surface area contributed by atoms with Gasteiger partial charge in [0, 0.05) is 19.3 Å². The fraction of sp³-hybridized carbons (Fsp3) is 0.687. The van der Waals surface area contributed by atoms with E-state index in [0.717, 1.165) is 128 Å². The van der Waals surface area contributed by atoms with Crippen LogP contribution in [0.5, 0.6) is 0 Å². The van der Waals surface area contributed by atoms with Crippen molar-refractivity contribution in [2.45, 2.75) is 284 Å². The molecule has 0 heterocycles. The van der Waals surface area contributed by atoms with Crippen molar-refractivity contribution in [2.75, 3.05) is 13.2 Å². The number of hydrogen-bond donors (Lipinski definition) is 0. The number of ether oxygens (including phenoxy) is 3. The first-order valence-electron chi connectivity index (χ1n) is 30.4. The van der Waals surface area contributed by atoms with E-state index in [-0.39, 0.29) is 31.1 Å². The highest BCUT2D eigenvalue weighted by molar-refractivity contribution is 5.71. The Morgan fingerprint density at radius 2 is 0.534 bits per heavy atom. The average Bonchev–Trinajstić information content (AvgIpc) is 3.39. The molecule has 0 aliphatic rings. The third-order valence-electron chi connectivity index (χ3n) is 12.7. The summed E-state index contributed by atoms with van der Waals surface area (Å²) in [6, 6.07) is 0. The van der Waals surface area contributed by atoms with Crippen LogP contribution in [0.3, 0.4) is 0 Å². The molecule has 1 unspecified atom stereocenters. The predicted octanol–water partition coefficient (Wildman–Crippen LogP) is 20.7. The smallest absolute Gasteiger partial charge is 0.306 e. The molecule has 416 valence electrons. The molecule has 73 heavy (non-hydrogen) atoms. The molecule has 0 aromatic heterocycles. The standard InChI is InChI=1S/C67H112O6/c1-4-7-10-13-16-19-22-24-25-26-27-28-29-30-31-32-33-34-35-36-37-38-39-40-41-43-45-48-51-54-57-60-66(69)72-63-64(62-71-65(68)59-56-53-50-47-44-21-18-15-12-9-6-3)73-67(70)61-58-55-52-49-46-42-23-20-17-14-11-8-5-2/h7-8,10-11,15-20,24-25,27-28,30-31,42,46,64H,4-6,9,12-14,21-23,26,29,32-41,43-45,47-63H2,1-3H3/b10-7-,11-8-,18-15-,19-16-,20-17-,25-24-,28-27-,31-30-,46-42-. The second-order valence-corrected chi connectivity index (χ2v) is 19.8. The first-order chi connectivity index (χ1) is 36.0. The normalized spacial score (nSPS) is 12.9. The molecule has 0 aromatic rings. The van der Waals surface area contributed by atoms with E-state index in [1.807, 2.05) is 0 Å². The Morgan fingerprint density at radius 3 is 0.863 bits per heavy atom. The van der Waals surface area contributed by atoms with E-state index < -0.39 is 6.10 Å². The third-order valence-corrected chi connectivity index (χ3v) is 12.7. The maximum absolute atomic E-state index is 12.8. The second-order valence-electron chi connectivity index (χ2n) is 19.8. The van der Waals surface area contributed by atoms with E-state index in [0.29, 0.717) is 19.3 Å². The molecule has 0 amide bonds. The number of rotatable bonds is 54. The summed E-state index contributed by atoms with van der Waals surface area (Å²) in [6.45, 7) is 6.34. The van der Waals surface area contributed by atoms with Crippen molar-refractivity contribution in [2.24, 2.45) is 0 Å². The third kappa shape index (κ3) is 58.8. The van der Waals surface area contributed by atoms with Gasteiger partial charge in [-0.3, -0.25) is 14.4 Å². The Labute approximate surface area is 450 Å². The highest BCUT2D eigenvalue weighted by Crippen LogP contribution is 2.16. The minimum atomic E-state index is -0.796. The Hall–Kier alpha value is -3.93. The van der Waals surface area contributed by atoms with Crippen molar-refractivity contribution in [3.05, 3.63) is 109 Å². The van der Waals surface area contributed by atoms with Gasteiger partial charge in [-0.2, -0.15) is 0 Å². The summed E-state index contributed by atoms with van der Waals surface area (Å²) in [4.78, 5) is 38.1.